The van der Waals surface area contributed by atoms with Crippen molar-refractivity contribution in [2.45, 2.75) is 0 Å². The first kappa shape index (κ1) is 14.3. The van der Waals surface area contributed by atoms with Gasteiger partial charge in [-0.15, -0.1) is 0 Å². The van der Waals surface area contributed by atoms with Crippen molar-refractivity contribution in [3.05, 3.63) is 97.3 Å². The minimum Gasteiger partial charge on any atom is -0.256 e. The Morgan fingerprint density at radius 3 is 1.25 bits per heavy atom. The third-order valence-electron chi connectivity index (χ3n) is 4.00. The molecule has 114 valence electrons. The van der Waals surface area contributed by atoms with Crippen LogP contribution in [0.3, 0.4) is 0 Å². The standard InChI is InChI=1S/C22H16N2/c1-3-9-17(10-4-1)21-19(13-7-15-23-21)20-14-8-16-24-22(20)18-11-5-2-6-12-18/h1-16H. The van der Waals surface area contributed by atoms with E-state index in [0.29, 0.717) is 0 Å². The van der Waals surface area contributed by atoms with Crippen LogP contribution in [0, 0.1) is 0 Å². The van der Waals surface area contributed by atoms with E-state index in [0.717, 1.165) is 33.6 Å². The van der Waals surface area contributed by atoms with Crippen molar-refractivity contribution in [3.8, 4) is 33.6 Å². The van der Waals surface area contributed by atoms with Crippen LogP contribution in [0.1, 0.15) is 0 Å². The molecule has 0 bridgehead atoms. The van der Waals surface area contributed by atoms with Gasteiger partial charge < -0.3 is 0 Å². The van der Waals surface area contributed by atoms with E-state index in [9.17, 15) is 0 Å². The lowest BCUT2D eigenvalue weighted by Gasteiger charge is -2.12. The smallest absolute Gasteiger partial charge is 0.0781 e. The molecule has 0 amide bonds. The van der Waals surface area contributed by atoms with E-state index < -0.39 is 0 Å². The first-order chi connectivity index (χ1) is 11.9. The Labute approximate surface area is 141 Å². The predicted molar refractivity (Wildman–Crippen MR) is 98.3 cm³/mol. The first-order valence-electron chi connectivity index (χ1n) is 7.95. The molecule has 2 heteroatoms. The van der Waals surface area contributed by atoms with Crippen LogP contribution < -0.4 is 0 Å². The Morgan fingerprint density at radius 2 is 0.833 bits per heavy atom. The average molecular weight is 308 g/mol. The summed E-state index contributed by atoms with van der Waals surface area (Å²) in [5, 5.41) is 0. The number of pyridine rings is 2. The van der Waals surface area contributed by atoms with Crippen molar-refractivity contribution in [3.63, 3.8) is 0 Å². The topological polar surface area (TPSA) is 25.8 Å². The molecule has 24 heavy (non-hydrogen) atoms. The van der Waals surface area contributed by atoms with Crippen LogP contribution in [0.4, 0.5) is 0 Å². The van der Waals surface area contributed by atoms with Crippen molar-refractivity contribution in [1.82, 2.24) is 9.97 Å². The SMILES string of the molecule is c1ccc(-c2ncccc2-c2cccnc2-c2ccccc2)cc1. The van der Waals surface area contributed by atoms with E-state index in [1.165, 1.54) is 0 Å². The molecule has 4 aromatic rings. The zero-order chi connectivity index (χ0) is 16.2. The number of aromatic nitrogens is 2. The molecule has 0 aliphatic heterocycles. The third-order valence-corrected chi connectivity index (χ3v) is 4.00. The molecule has 2 aromatic carbocycles. The maximum Gasteiger partial charge on any atom is 0.0781 e. The zero-order valence-electron chi connectivity index (χ0n) is 13.1. The highest BCUT2D eigenvalue weighted by Gasteiger charge is 2.13. The second kappa shape index (κ2) is 6.47. The van der Waals surface area contributed by atoms with Gasteiger partial charge in [0.1, 0.15) is 0 Å². The van der Waals surface area contributed by atoms with Crippen LogP contribution >= 0.6 is 0 Å². The minimum atomic E-state index is 0.975. The van der Waals surface area contributed by atoms with E-state index in [-0.39, 0.29) is 0 Å². The fourth-order valence-electron chi connectivity index (χ4n) is 2.90. The van der Waals surface area contributed by atoms with Gasteiger partial charge in [-0.05, 0) is 12.1 Å². The summed E-state index contributed by atoms with van der Waals surface area (Å²) in [6.07, 6.45) is 3.68. The Hall–Kier alpha value is -3.26. The van der Waals surface area contributed by atoms with Crippen LogP contribution in [0.25, 0.3) is 33.6 Å². The van der Waals surface area contributed by atoms with Gasteiger partial charge in [0.05, 0.1) is 11.4 Å². The highest BCUT2D eigenvalue weighted by molar-refractivity contribution is 5.88. The van der Waals surface area contributed by atoms with Crippen molar-refractivity contribution in [1.29, 1.82) is 0 Å². The van der Waals surface area contributed by atoms with Gasteiger partial charge in [0.2, 0.25) is 0 Å². The van der Waals surface area contributed by atoms with Crippen LogP contribution in [0.5, 0.6) is 0 Å². The maximum atomic E-state index is 4.63. The van der Waals surface area contributed by atoms with E-state index in [1.54, 1.807) is 0 Å². The normalized spacial score (nSPS) is 10.5. The van der Waals surface area contributed by atoms with Crippen LogP contribution in [0.15, 0.2) is 97.3 Å². The summed E-state index contributed by atoms with van der Waals surface area (Å²) in [6.45, 7) is 0. The van der Waals surface area contributed by atoms with Crippen LogP contribution in [0.2, 0.25) is 0 Å². The van der Waals surface area contributed by atoms with Crippen molar-refractivity contribution in [2.75, 3.05) is 0 Å². The molecule has 0 spiro atoms. The lowest BCUT2D eigenvalue weighted by molar-refractivity contribution is 1.30. The number of nitrogens with zero attached hydrogens (tertiary/aromatic N) is 2. The fourth-order valence-corrected chi connectivity index (χ4v) is 2.90. The lowest BCUT2D eigenvalue weighted by Crippen LogP contribution is -1.93. The average Bonchev–Trinajstić information content (AvgIpc) is 2.69. The molecule has 0 unspecified atom stereocenters. The molecule has 2 aromatic heterocycles. The predicted octanol–water partition coefficient (Wildman–Crippen LogP) is 5.48. The molecule has 0 fully saturated rings. The minimum absolute atomic E-state index is 0.975. The third kappa shape index (κ3) is 2.70. The van der Waals surface area contributed by atoms with Crippen molar-refractivity contribution in [2.24, 2.45) is 0 Å². The quantitative estimate of drug-likeness (QED) is 0.501. The summed E-state index contributed by atoms with van der Waals surface area (Å²) >= 11 is 0. The van der Waals surface area contributed by atoms with Gasteiger partial charge in [0.15, 0.2) is 0 Å². The summed E-state index contributed by atoms with van der Waals surface area (Å²) < 4.78 is 0. The van der Waals surface area contributed by atoms with Crippen LogP contribution in [-0.4, -0.2) is 9.97 Å². The van der Waals surface area contributed by atoms with Crippen LogP contribution in [-0.2, 0) is 0 Å². The molecule has 0 aliphatic carbocycles. The highest BCUT2D eigenvalue weighted by atomic mass is 14.7. The molecule has 2 heterocycles. The Balaban J connectivity index is 1.93. The summed E-state index contributed by atoms with van der Waals surface area (Å²) in [5.74, 6) is 0. The highest BCUT2D eigenvalue weighted by Crippen LogP contribution is 2.35. The largest absolute Gasteiger partial charge is 0.256 e. The number of benzene rings is 2. The maximum absolute atomic E-state index is 4.63. The lowest BCUT2D eigenvalue weighted by atomic mass is 9.95. The van der Waals surface area contributed by atoms with Gasteiger partial charge in [-0.3, -0.25) is 9.97 Å². The monoisotopic (exact) mass is 308 g/mol. The van der Waals surface area contributed by atoms with Crippen molar-refractivity contribution >= 4 is 0 Å². The molecule has 0 N–H and O–H groups in total. The summed E-state index contributed by atoms with van der Waals surface area (Å²) in [6, 6.07) is 28.7. The fraction of sp³-hybridized carbons (Fsp3) is 0. The first-order valence-corrected chi connectivity index (χ1v) is 7.95. The molecule has 0 atom stereocenters. The van der Waals surface area contributed by atoms with Gasteiger partial charge >= 0.3 is 0 Å². The number of rotatable bonds is 3. The molecule has 0 saturated heterocycles. The summed E-state index contributed by atoms with van der Waals surface area (Å²) in [5.41, 5.74) is 6.35. The van der Waals surface area contributed by atoms with Crippen molar-refractivity contribution < 1.29 is 0 Å². The van der Waals surface area contributed by atoms with E-state index >= 15 is 0 Å². The zero-order valence-corrected chi connectivity index (χ0v) is 13.1. The van der Waals surface area contributed by atoms with E-state index in [2.05, 4.69) is 46.4 Å². The molecule has 0 saturated carbocycles. The van der Waals surface area contributed by atoms with Gasteiger partial charge in [0, 0.05) is 34.6 Å². The van der Waals surface area contributed by atoms with Gasteiger partial charge in [-0.2, -0.15) is 0 Å². The summed E-state index contributed by atoms with van der Waals surface area (Å²) in [7, 11) is 0. The van der Waals surface area contributed by atoms with E-state index in [4.69, 9.17) is 0 Å². The Kier molecular flexibility index (Phi) is 3.86. The molecule has 4 rings (SSSR count). The molecular weight excluding hydrogens is 292 g/mol. The number of hydrogen-bond donors (Lipinski definition) is 0. The Morgan fingerprint density at radius 1 is 0.417 bits per heavy atom. The second-order valence-corrected chi connectivity index (χ2v) is 5.53. The summed E-state index contributed by atoms with van der Waals surface area (Å²) in [4.78, 5) is 9.26. The van der Waals surface area contributed by atoms with Gasteiger partial charge in [0.25, 0.3) is 0 Å². The molecule has 0 radical (unpaired) electrons. The van der Waals surface area contributed by atoms with Gasteiger partial charge in [-0.1, -0.05) is 72.8 Å². The number of hydrogen-bond acceptors (Lipinski definition) is 2. The van der Waals surface area contributed by atoms with Gasteiger partial charge in [-0.25, -0.2) is 0 Å². The van der Waals surface area contributed by atoms with E-state index in [1.807, 2.05) is 60.9 Å². The second-order valence-electron chi connectivity index (χ2n) is 5.53. The molecule has 0 aliphatic rings. The molecular formula is C22H16N2. The Bertz CT molecular complexity index is 867. The molecule has 2 nitrogen and oxygen atoms in total.